The first-order valence-corrected chi connectivity index (χ1v) is 5.98. The largest absolute Gasteiger partial charge is 0.444 e. The first-order valence-electron chi connectivity index (χ1n) is 5.98. The first-order chi connectivity index (χ1) is 7.33. The van der Waals surface area contributed by atoms with Crippen molar-refractivity contribution in [2.24, 2.45) is 5.92 Å². The van der Waals surface area contributed by atoms with Gasteiger partial charge in [0.25, 0.3) is 0 Å². The van der Waals surface area contributed by atoms with Gasteiger partial charge in [0.2, 0.25) is 0 Å². The number of carbonyl (C=O) groups excluding carboxylic acids is 1. The van der Waals surface area contributed by atoms with Crippen molar-refractivity contribution in [3.63, 3.8) is 0 Å². The molecule has 1 aliphatic heterocycles. The molecule has 0 spiro atoms. The van der Waals surface area contributed by atoms with Crippen molar-refractivity contribution in [3.8, 4) is 0 Å². The molecule has 0 bridgehead atoms. The molecule has 94 valence electrons. The molecule has 0 aromatic carbocycles. The van der Waals surface area contributed by atoms with Gasteiger partial charge >= 0.3 is 6.09 Å². The van der Waals surface area contributed by atoms with Gasteiger partial charge in [-0.2, -0.15) is 0 Å². The summed E-state index contributed by atoms with van der Waals surface area (Å²) in [5.74, 6) is 0.615. The quantitative estimate of drug-likeness (QED) is 0.744. The highest BCUT2D eigenvalue weighted by molar-refractivity contribution is 5.68. The highest BCUT2D eigenvalue weighted by Gasteiger charge is 2.30. The third-order valence-corrected chi connectivity index (χ3v) is 2.98. The lowest BCUT2D eigenvalue weighted by Gasteiger charge is -2.37. The number of likely N-dealkylation sites (tertiary alicyclic amines) is 1. The lowest BCUT2D eigenvalue weighted by Crippen LogP contribution is -2.51. The summed E-state index contributed by atoms with van der Waals surface area (Å²) in [7, 11) is 1.94. The van der Waals surface area contributed by atoms with Crippen LogP contribution >= 0.6 is 0 Å². The minimum absolute atomic E-state index is 0.195. The number of carbonyl (C=O) groups is 1. The fraction of sp³-hybridized carbons (Fsp3) is 0.917. The van der Waals surface area contributed by atoms with Crippen molar-refractivity contribution in [1.82, 2.24) is 10.2 Å². The highest BCUT2D eigenvalue weighted by atomic mass is 16.6. The van der Waals surface area contributed by atoms with Gasteiger partial charge in [0.1, 0.15) is 5.60 Å². The van der Waals surface area contributed by atoms with Gasteiger partial charge in [0.05, 0.1) is 0 Å². The average Bonchev–Trinajstić information content (AvgIpc) is 2.15. The van der Waals surface area contributed by atoms with E-state index in [1.54, 1.807) is 4.90 Å². The first kappa shape index (κ1) is 13.3. The Bertz CT molecular complexity index is 248. The van der Waals surface area contributed by atoms with Crippen LogP contribution in [0.25, 0.3) is 0 Å². The molecule has 1 N–H and O–H groups in total. The van der Waals surface area contributed by atoms with Gasteiger partial charge in [0, 0.05) is 19.1 Å². The number of nitrogens with zero attached hydrogens (tertiary/aromatic N) is 1. The Balaban J connectivity index is 2.52. The fourth-order valence-corrected chi connectivity index (χ4v) is 1.94. The normalized spacial score (nSPS) is 26.7. The summed E-state index contributed by atoms with van der Waals surface area (Å²) in [5, 5.41) is 3.25. The van der Waals surface area contributed by atoms with E-state index in [1.807, 2.05) is 27.8 Å². The zero-order valence-electron chi connectivity index (χ0n) is 11.0. The van der Waals surface area contributed by atoms with Crippen molar-refractivity contribution in [2.75, 3.05) is 20.1 Å². The van der Waals surface area contributed by atoms with Crippen LogP contribution in [0.2, 0.25) is 0 Å². The summed E-state index contributed by atoms with van der Waals surface area (Å²) < 4.78 is 5.36. The molecule has 0 aliphatic carbocycles. The Morgan fingerprint density at radius 1 is 1.44 bits per heavy atom. The summed E-state index contributed by atoms with van der Waals surface area (Å²) in [6.45, 7) is 9.45. The fourth-order valence-electron chi connectivity index (χ4n) is 1.94. The minimum atomic E-state index is -0.407. The van der Waals surface area contributed by atoms with Crippen LogP contribution in [0.15, 0.2) is 0 Å². The van der Waals surface area contributed by atoms with Gasteiger partial charge in [-0.3, -0.25) is 0 Å². The molecule has 0 saturated carbocycles. The molecule has 2 unspecified atom stereocenters. The number of ether oxygens (including phenoxy) is 1. The van der Waals surface area contributed by atoms with E-state index in [1.165, 1.54) is 0 Å². The third kappa shape index (κ3) is 3.67. The van der Waals surface area contributed by atoms with Crippen molar-refractivity contribution in [3.05, 3.63) is 0 Å². The van der Waals surface area contributed by atoms with Crippen LogP contribution in [0.4, 0.5) is 4.79 Å². The monoisotopic (exact) mass is 228 g/mol. The van der Waals surface area contributed by atoms with E-state index < -0.39 is 5.60 Å². The van der Waals surface area contributed by atoms with Crippen LogP contribution in [-0.2, 0) is 4.74 Å². The maximum Gasteiger partial charge on any atom is 0.410 e. The number of likely N-dealkylation sites (N-methyl/N-ethyl adjacent to an activating group) is 1. The number of nitrogens with one attached hydrogen (secondary N) is 1. The summed E-state index contributed by atoms with van der Waals surface area (Å²) in [6, 6.07) is 0.376. The van der Waals surface area contributed by atoms with E-state index in [9.17, 15) is 4.79 Å². The van der Waals surface area contributed by atoms with Crippen LogP contribution < -0.4 is 5.32 Å². The van der Waals surface area contributed by atoms with E-state index in [2.05, 4.69) is 12.2 Å². The van der Waals surface area contributed by atoms with E-state index >= 15 is 0 Å². The zero-order valence-corrected chi connectivity index (χ0v) is 11.0. The second-order valence-electron chi connectivity index (χ2n) is 5.59. The Labute approximate surface area is 98.3 Å². The molecule has 1 rings (SSSR count). The molecule has 0 radical (unpaired) electrons. The second kappa shape index (κ2) is 5.04. The molecule has 1 amide bonds. The average molecular weight is 228 g/mol. The Hall–Kier alpha value is -0.770. The van der Waals surface area contributed by atoms with Crippen LogP contribution in [0.3, 0.4) is 0 Å². The molecule has 1 aliphatic rings. The molecule has 2 atom stereocenters. The minimum Gasteiger partial charge on any atom is -0.444 e. The van der Waals surface area contributed by atoms with Gasteiger partial charge in [-0.15, -0.1) is 0 Å². The van der Waals surface area contributed by atoms with E-state index in [-0.39, 0.29) is 6.09 Å². The summed E-state index contributed by atoms with van der Waals surface area (Å²) in [4.78, 5) is 13.7. The predicted octanol–water partition coefficient (Wildman–Crippen LogP) is 1.85. The van der Waals surface area contributed by atoms with E-state index in [0.29, 0.717) is 12.0 Å². The maximum absolute atomic E-state index is 11.9. The standard InChI is InChI=1S/C12H24N2O2/c1-9-6-7-14(8-10(9)13-5)11(15)16-12(2,3)4/h9-10,13H,6-8H2,1-5H3. The summed E-state index contributed by atoms with van der Waals surface area (Å²) in [5.41, 5.74) is -0.407. The van der Waals surface area contributed by atoms with Gasteiger partial charge in [0.15, 0.2) is 0 Å². The van der Waals surface area contributed by atoms with Crippen molar-refractivity contribution < 1.29 is 9.53 Å². The highest BCUT2D eigenvalue weighted by Crippen LogP contribution is 2.19. The van der Waals surface area contributed by atoms with Crippen molar-refractivity contribution in [1.29, 1.82) is 0 Å². The molecule has 16 heavy (non-hydrogen) atoms. The van der Waals surface area contributed by atoms with Crippen LogP contribution in [0.1, 0.15) is 34.1 Å². The lowest BCUT2D eigenvalue weighted by atomic mass is 9.94. The van der Waals surface area contributed by atoms with Crippen molar-refractivity contribution >= 4 is 6.09 Å². The zero-order chi connectivity index (χ0) is 12.3. The SMILES string of the molecule is CNC1CN(C(=O)OC(C)(C)C)CCC1C. The van der Waals surface area contributed by atoms with Gasteiger partial charge in [-0.1, -0.05) is 6.92 Å². The van der Waals surface area contributed by atoms with E-state index in [0.717, 1.165) is 19.5 Å². The van der Waals surface area contributed by atoms with Crippen LogP contribution in [-0.4, -0.2) is 42.8 Å². The lowest BCUT2D eigenvalue weighted by molar-refractivity contribution is 0.0152. The molecule has 1 saturated heterocycles. The maximum atomic E-state index is 11.9. The summed E-state index contributed by atoms with van der Waals surface area (Å²) in [6.07, 6.45) is 0.838. The molecule has 1 fully saturated rings. The predicted molar refractivity (Wildman–Crippen MR) is 64.4 cm³/mol. The summed E-state index contributed by atoms with van der Waals surface area (Å²) >= 11 is 0. The smallest absolute Gasteiger partial charge is 0.410 e. The molecule has 0 aromatic rings. The van der Waals surface area contributed by atoms with Gasteiger partial charge in [-0.25, -0.2) is 4.79 Å². The van der Waals surface area contributed by atoms with Crippen LogP contribution in [0, 0.1) is 5.92 Å². The van der Waals surface area contributed by atoms with Gasteiger partial charge in [-0.05, 0) is 40.2 Å². The van der Waals surface area contributed by atoms with E-state index in [4.69, 9.17) is 4.74 Å². The number of rotatable bonds is 1. The topological polar surface area (TPSA) is 41.6 Å². The van der Waals surface area contributed by atoms with Crippen molar-refractivity contribution in [2.45, 2.75) is 45.8 Å². The van der Waals surface area contributed by atoms with Gasteiger partial charge < -0.3 is 15.0 Å². The molecular formula is C12H24N2O2. The number of amides is 1. The molecule has 0 aromatic heterocycles. The Morgan fingerprint density at radius 2 is 2.06 bits per heavy atom. The Morgan fingerprint density at radius 3 is 2.56 bits per heavy atom. The molecule has 4 heteroatoms. The third-order valence-electron chi connectivity index (χ3n) is 2.98. The number of hydrogen-bond donors (Lipinski definition) is 1. The Kier molecular flexibility index (Phi) is 4.19. The number of hydrogen-bond acceptors (Lipinski definition) is 3. The van der Waals surface area contributed by atoms with Crippen LogP contribution in [0.5, 0.6) is 0 Å². The molecular weight excluding hydrogens is 204 g/mol. The molecule has 4 nitrogen and oxygen atoms in total. The second-order valence-corrected chi connectivity index (χ2v) is 5.59. The number of piperidine rings is 1. The molecule has 1 heterocycles.